The van der Waals surface area contributed by atoms with Crippen LogP contribution in [0.25, 0.3) is 0 Å². The predicted molar refractivity (Wildman–Crippen MR) is 83.8 cm³/mol. The minimum Gasteiger partial charge on any atom is -0.332 e. The van der Waals surface area contributed by atoms with E-state index in [2.05, 4.69) is 10.3 Å². The number of nitrogens with zero attached hydrogens (tertiary/aromatic N) is 1. The highest BCUT2D eigenvalue weighted by Crippen LogP contribution is 2.38. The molecular weight excluding hydrogens is 394 g/mol. The molecule has 0 spiro atoms. The zero-order valence-corrected chi connectivity index (χ0v) is 14.3. The van der Waals surface area contributed by atoms with Crippen molar-refractivity contribution in [3.8, 4) is 0 Å². The molecule has 0 saturated heterocycles. The first-order chi connectivity index (χ1) is 10.9. The Morgan fingerprint density at radius 2 is 1.52 bits per heavy atom. The van der Waals surface area contributed by atoms with E-state index in [0.29, 0.717) is 17.8 Å². The molecule has 0 saturated carbocycles. The number of alkyl halides is 6. The van der Waals surface area contributed by atoms with Crippen molar-refractivity contribution in [1.29, 1.82) is 0 Å². The first kappa shape index (κ1) is 21.2. The average Bonchev–Trinajstić information content (AvgIpc) is 2.77. The number of rotatable bonds is 3. The Kier molecular flexibility index (Phi) is 6.12. The van der Waals surface area contributed by atoms with Gasteiger partial charge in [-0.15, -0.1) is 12.4 Å². The van der Waals surface area contributed by atoms with Crippen LogP contribution in [0.1, 0.15) is 33.4 Å². The molecule has 1 aromatic carbocycles. The van der Waals surface area contributed by atoms with Crippen LogP contribution in [0.5, 0.6) is 0 Å². The van der Waals surface area contributed by atoms with E-state index in [0.717, 1.165) is 11.3 Å². The summed E-state index contributed by atoms with van der Waals surface area (Å²) in [4.78, 5) is 15.6. The van der Waals surface area contributed by atoms with Gasteiger partial charge in [-0.1, -0.05) is 11.3 Å². The van der Waals surface area contributed by atoms with Crippen molar-refractivity contribution in [2.45, 2.75) is 26.2 Å². The van der Waals surface area contributed by atoms with Crippen molar-refractivity contribution in [3.63, 3.8) is 0 Å². The molecule has 0 aliphatic rings. The predicted octanol–water partition coefficient (Wildman–Crippen LogP) is 5.86. The van der Waals surface area contributed by atoms with Gasteiger partial charge in [0, 0.05) is 12.6 Å². The van der Waals surface area contributed by atoms with Gasteiger partial charge in [0.15, 0.2) is 10.9 Å². The Balaban J connectivity index is 0.00000312. The summed E-state index contributed by atoms with van der Waals surface area (Å²) in [5.41, 5.74) is -2.93. The Labute approximate surface area is 148 Å². The molecule has 0 radical (unpaired) electrons. The maximum atomic E-state index is 12.8. The van der Waals surface area contributed by atoms with Gasteiger partial charge in [-0.2, -0.15) is 26.3 Å². The van der Waals surface area contributed by atoms with Crippen LogP contribution in [0.2, 0.25) is 0 Å². The first-order valence-electron chi connectivity index (χ1n) is 6.43. The van der Waals surface area contributed by atoms with E-state index in [1.54, 1.807) is 0 Å². The van der Waals surface area contributed by atoms with Crippen LogP contribution in [0.3, 0.4) is 0 Å². The van der Waals surface area contributed by atoms with Gasteiger partial charge >= 0.3 is 12.4 Å². The lowest BCUT2D eigenvalue weighted by atomic mass is 10.1. The van der Waals surface area contributed by atoms with Crippen LogP contribution >= 0.6 is 23.7 Å². The van der Waals surface area contributed by atoms with E-state index < -0.39 is 29.2 Å². The molecule has 2 rings (SSSR count). The van der Waals surface area contributed by atoms with Crippen molar-refractivity contribution in [3.05, 3.63) is 39.9 Å². The fourth-order valence-corrected chi connectivity index (χ4v) is 2.81. The summed E-state index contributed by atoms with van der Waals surface area (Å²) in [7, 11) is 0. The van der Waals surface area contributed by atoms with Crippen LogP contribution in [-0.2, 0) is 12.4 Å². The highest BCUT2D eigenvalue weighted by Gasteiger charge is 2.37. The third-order valence-electron chi connectivity index (χ3n) is 2.96. The third-order valence-corrected chi connectivity index (χ3v) is 4.13. The highest BCUT2D eigenvalue weighted by atomic mass is 35.5. The SMILES string of the molecule is CC(=O)c1sc(Nc2cc(C(F)(F)F)cc(C(F)(F)F)c2)nc1C.Cl. The number of benzene rings is 1. The number of Topliss-reactive ketones (excluding diaryl/α,β-unsaturated/α-hetero) is 1. The maximum absolute atomic E-state index is 12.8. The summed E-state index contributed by atoms with van der Waals surface area (Å²) < 4.78 is 76.8. The summed E-state index contributed by atoms with van der Waals surface area (Å²) in [6, 6.07) is 1.15. The Bertz CT molecular complexity index is 752. The summed E-state index contributed by atoms with van der Waals surface area (Å²) in [5, 5.41) is 2.43. The highest BCUT2D eigenvalue weighted by molar-refractivity contribution is 7.17. The van der Waals surface area contributed by atoms with Crippen molar-refractivity contribution >= 4 is 40.3 Å². The number of thiazole rings is 1. The van der Waals surface area contributed by atoms with Gasteiger partial charge in [-0.25, -0.2) is 4.98 Å². The van der Waals surface area contributed by atoms with Crippen LogP contribution in [0, 0.1) is 6.92 Å². The molecule has 138 valence electrons. The number of halogens is 7. The summed E-state index contributed by atoms with van der Waals surface area (Å²) in [6.45, 7) is 2.81. The standard InChI is InChI=1S/C14H10F6N2OS.ClH/c1-6-11(7(2)23)24-12(21-6)22-10-4-8(13(15,16)17)3-9(5-10)14(18,19)20;/h3-5H,1-2H3,(H,21,22);1H. The molecule has 1 N–H and O–H groups in total. The normalized spacial score (nSPS) is 11.8. The van der Waals surface area contributed by atoms with Gasteiger partial charge in [0.05, 0.1) is 21.7 Å². The van der Waals surface area contributed by atoms with E-state index in [1.807, 2.05) is 0 Å². The molecule has 0 aliphatic carbocycles. The van der Waals surface area contributed by atoms with Gasteiger partial charge < -0.3 is 5.32 Å². The lowest BCUT2D eigenvalue weighted by Crippen LogP contribution is -2.11. The molecule has 0 aliphatic heterocycles. The number of aryl methyl sites for hydroxylation is 1. The maximum Gasteiger partial charge on any atom is 0.416 e. The fraction of sp³-hybridized carbons (Fsp3) is 0.286. The van der Waals surface area contributed by atoms with Crippen molar-refractivity contribution in [1.82, 2.24) is 4.98 Å². The number of ketones is 1. The third kappa shape index (κ3) is 5.08. The molecule has 0 amide bonds. The molecular formula is C14H11ClF6N2OS. The molecule has 0 atom stereocenters. The lowest BCUT2D eigenvalue weighted by Gasteiger charge is -2.14. The minimum absolute atomic E-state index is 0. The van der Waals surface area contributed by atoms with Gasteiger partial charge in [-0.05, 0) is 25.1 Å². The second-order valence-electron chi connectivity index (χ2n) is 4.91. The quantitative estimate of drug-likeness (QED) is 0.515. The van der Waals surface area contributed by atoms with Crippen molar-refractivity contribution in [2.75, 3.05) is 5.32 Å². The van der Waals surface area contributed by atoms with E-state index in [-0.39, 0.29) is 34.3 Å². The molecule has 11 heteroatoms. The number of hydrogen-bond acceptors (Lipinski definition) is 4. The fourth-order valence-electron chi connectivity index (χ4n) is 1.93. The molecule has 1 heterocycles. The van der Waals surface area contributed by atoms with Crippen LogP contribution < -0.4 is 5.32 Å². The first-order valence-corrected chi connectivity index (χ1v) is 7.24. The zero-order chi connectivity index (χ0) is 18.3. The molecule has 0 unspecified atom stereocenters. The molecule has 0 bridgehead atoms. The molecule has 2 aromatic rings. The Morgan fingerprint density at radius 1 is 1.04 bits per heavy atom. The number of aromatic nitrogens is 1. The summed E-state index contributed by atoms with van der Waals surface area (Å²) >= 11 is 0.855. The number of nitrogens with one attached hydrogen (secondary N) is 1. The largest absolute Gasteiger partial charge is 0.416 e. The average molecular weight is 405 g/mol. The van der Waals surface area contributed by atoms with Crippen molar-refractivity contribution < 1.29 is 31.1 Å². The van der Waals surface area contributed by atoms with E-state index in [1.165, 1.54) is 13.8 Å². The summed E-state index contributed by atoms with van der Waals surface area (Å²) in [5.74, 6) is -0.293. The van der Waals surface area contributed by atoms with E-state index in [9.17, 15) is 31.1 Å². The minimum atomic E-state index is -4.93. The number of anilines is 2. The smallest absolute Gasteiger partial charge is 0.332 e. The molecule has 3 nitrogen and oxygen atoms in total. The Morgan fingerprint density at radius 3 is 1.88 bits per heavy atom. The molecule has 25 heavy (non-hydrogen) atoms. The molecule has 0 fully saturated rings. The van der Waals surface area contributed by atoms with E-state index >= 15 is 0 Å². The monoisotopic (exact) mass is 404 g/mol. The van der Waals surface area contributed by atoms with Crippen LogP contribution in [-0.4, -0.2) is 10.8 Å². The zero-order valence-electron chi connectivity index (χ0n) is 12.7. The van der Waals surface area contributed by atoms with Gasteiger partial charge in [-0.3, -0.25) is 4.79 Å². The van der Waals surface area contributed by atoms with Gasteiger partial charge in [0.1, 0.15) is 0 Å². The number of carbonyl (C=O) groups excluding carboxylic acids is 1. The Hall–Kier alpha value is -1.81. The topological polar surface area (TPSA) is 42.0 Å². The second-order valence-corrected chi connectivity index (χ2v) is 5.91. The number of hydrogen-bond donors (Lipinski definition) is 1. The van der Waals surface area contributed by atoms with Crippen molar-refractivity contribution in [2.24, 2.45) is 0 Å². The summed E-state index contributed by atoms with van der Waals surface area (Å²) in [6.07, 6.45) is -9.86. The second kappa shape index (κ2) is 7.20. The van der Waals surface area contributed by atoms with Crippen LogP contribution in [0.4, 0.5) is 37.2 Å². The van der Waals surface area contributed by atoms with Gasteiger partial charge in [0.25, 0.3) is 0 Å². The molecule has 1 aromatic heterocycles. The van der Waals surface area contributed by atoms with E-state index in [4.69, 9.17) is 0 Å². The number of carbonyl (C=O) groups is 1. The lowest BCUT2D eigenvalue weighted by molar-refractivity contribution is -0.143. The van der Waals surface area contributed by atoms with Crippen LogP contribution in [0.15, 0.2) is 18.2 Å². The van der Waals surface area contributed by atoms with Gasteiger partial charge in [0.2, 0.25) is 0 Å².